The number of rotatable bonds is 9. The van der Waals surface area contributed by atoms with Crippen LogP contribution in [-0.4, -0.2) is 49.1 Å². The van der Waals surface area contributed by atoms with Crippen LogP contribution in [0.15, 0.2) is 0 Å². The second-order valence-electron chi connectivity index (χ2n) is 4.18. The molecule has 0 bridgehead atoms. The Morgan fingerprint density at radius 1 is 1.13 bits per heavy atom. The number of aliphatic hydroxyl groups excluding tert-OH is 1. The lowest BCUT2D eigenvalue weighted by molar-refractivity contribution is -0.0257. The van der Waals surface area contributed by atoms with E-state index in [0.717, 1.165) is 11.5 Å². The minimum absolute atomic E-state index is 0.0553. The zero-order chi connectivity index (χ0) is 11.7. The number of hydrogen-bond donors (Lipinski definition) is 1. The molecule has 2 atom stereocenters. The van der Waals surface area contributed by atoms with Crippen molar-refractivity contribution in [3.63, 3.8) is 0 Å². The summed E-state index contributed by atoms with van der Waals surface area (Å²) in [6.45, 7) is 7.27. The minimum Gasteiger partial charge on any atom is -0.390 e. The Morgan fingerprint density at radius 3 is 2.33 bits per heavy atom. The van der Waals surface area contributed by atoms with Crippen LogP contribution in [0.1, 0.15) is 20.8 Å². The van der Waals surface area contributed by atoms with Gasteiger partial charge in [0, 0.05) is 12.9 Å². The van der Waals surface area contributed by atoms with E-state index in [1.54, 1.807) is 18.9 Å². The Bertz CT molecular complexity index is 142. The van der Waals surface area contributed by atoms with E-state index in [2.05, 4.69) is 13.8 Å². The van der Waals surface area contributed by atoms with Gasteiger partial charge in [0.15, 0.2) is 0 Å². The van der Waals surface area contributed by atoms with Crippen molar-refractivity contribution in [1.29, 1.82) is 0 Å². The van der Waals surface area contributed by atoms with E-state index < -0.39 is 0 Å². The second-order valence-corrected chi connectivity index (χ2v) is 5.26. The molecule has 0 amide bonds. The third-order valence-electron chi connectivity index (χ3n) is 1.74. The predicted molar refractivity (Wildman–Crippen MR) is 65.5 cm³/mol. The highest BCUT2D eigenvalue weighted by atomic mass is 32.2. The lowest BCUT2D eigenvalue weighted by Crippen LogP contribution is -2.24. The van der Waals surface area contributed by atoms with Gasteiger partial charge < -0.3 is 14.6 Å². The molecule has 1 N–H and O–H groups in total. The van der Waals surface area contributed by atoms with Crippen LogP contribution < -0.4 is 0 Å². The minimum atomic E-state index is -0.368. The van der Waals surface area contributed by atoms with Crippen molar-refractivity contribution in [2.45, 2.75) is 33.0 Å². The average molecular weight is 236 g/mol. The van der Waals surface area contributed by atoms with E-state index in [4.69, 9.17) is 9.47 Å². The highest BCUT2D eigenvalue weighted by molar-refractivity contribution is 7.99. The maximum atomic E-state index is 9.59. The lowest BCUT2D eigenvalue weighted by Gasteiger charge is -2.15. The van der Waals surface area contributed by atoms with Gasteiger partial charge in [-0.2, -0.15) is 11.8 Å². The van der Waals surface area contributed by atoms with Gasteiger partial charge in [0.2, 0.25) is 0 Å². The second kappa shape index (κ2) is 9.46. The summed E-state index contributed by atoms with van der Waals surface area (Å²) in [5.41, 5.74) is 0. The van der Waals surface area contributed by atoms with E-state index >= 15 is 0 Å². The number of aliphatic hydroxyl groups is 1. The smallest absolute Gasteiger partial charge is 0.0863 e. The summed E-state index contributed by atoms with van der Waals surface area (Å²) in [5.74, 6) is 2.51. The third kappa shape index (κ3) is 10.5. The van der Waals surface area contributed by atoms with Crippen molar-refractivity contribution in [1.82, 2.24) is 0 Å². The Hall–Kier alpha value is 0.230. The molecule has 0 saturated carbocycles. The summed E-state index contributed by atoms with van der Waals surface area (Å²) in [5, 5.41) is 9.59. The van der Waals surface area contributed by atoms with Gasteiger partial charge in [0.1, 0.15) is 0 Å². The van der Waals surface area contributed by atoms with Crippen molar-refractivity contribution >= 4 is 11.8 Å². The molecule has 3 nitrogen and oxygen atoms in total. The Kier molecular flexibility index (Phi) is 9.60. The standard InChI is InChI=1S/C11H24O3S/c1-9(2)7-15-8-11(12)6-14-10(3)5-13-4/h9-12H,5-8H2,1-4H3. The predicted octanol–water partition coefficient (Wildman–Crippen LogP) is 1.79. The first kappa shape index (κ1) is 15.2. The third-order valence-corrected chi connectivity index (χ3v) is 3.26. The van der Waals surface area contributed by atoms with Gasteiger partial charge in [-0.25, -0.2) is 0 Å². The molecule has 15 heavy (non-hydrogen) atoms. The van der Waals surface area contributed by atoms with E-state index in [0.29, 0.717) is 19.1 Å². The lowest BCUT2D eigenvalue weighted by atomic mass is 10.3. The largest absolute Gasteiger partial charge is 0.390 e. The molecule has 0 aromatic carbocycles. The number of hydrogen-bond acceptors (Lipinski definition) is 4. The molecule has 0 heterocycles. The molecule has 0 spiro atoms. The van der Waals surface area contributed by atoms with Gasteiger partial charge in [-0.15, -0.1) is 0 Å². The van der Waals surface area contributed by atoms with Crippen LogP contribution in [0.3, 0.4) is 0 Å². The Balaban J connectivity index is 3.36. The number of thioether (sulfide) groups is 1. The first-order chi connectivity index (χ1) is 7.06. The SMILES string of the molecule is COCC(C)OCC(O)CSCC(C)C. The average Bonchev–Trinajstić information content (AvgIpc) is 2.14. The molecule has 2 unspecified atom stereocenters. The zero-order valence-corrected chi connectivity index (χ0v) is 11.0. The van der Waals surface area contributed by atoms with Gasteiger partial charge in [-0.1, -0.05) is 13.8 Å². The summed E-state index contributed by atoms with van der Waals surface area (Å²) >= 11 is 1.77. The summed E-state index contributed by atoms with van der Waals surface area (Å²) in [7, 11) is 1.65. The van der Waals surface area contributed by atoms with Crippen LogP contribution >= 0.6 is 11.8 Å². The molecule has 0 aromatic rings. The zero-order valence-electron chi connectivity index (χ0n) is 10.2. The number of methoxy groups -OCH3 is 1. The molecular formula is C11H24O3S. The van der Waals surface area contributed by atoms with Crippen LogP contribution in [0.2, 0.25) is 0 Å². The van der Waals surface area contributed by atoms with Crippen molar-refractivity contribution in [2.24, 2.45) is 5.92 Å². The van der Waals surface area contributed by atoms with E-state index in [1.165, 1.54) is 0 Å². The van der Waals surface area contributed by atoms with Gasteiger partial charge >= 0.3 is 0 Å². The van der Waals surface area contributed by atoms with E-state index in [9.17, 15) is 5.11 Å². The first-order valence-electron chi connectivity index (χ1n) is 5.42. The van der Waals surface area contributed by atoms with Crippen LogP contribution in [0.4, 0.5) is 0 Å². The van der Waals surface area contributed by atoms with Crippen molar-refractivity contribution in [3.05, 3.63) is 0 Å². The Labute approximate surface area is 97.5 Å². The fourth-order valence-corrected chi connectivity index (χ4v) is 2.02. The van der Waals surface area contributed by atoms with Crippen molar-refractivity contribution in [2.75, 3.05) is 31.8 Å². The maximum absolute atomic E-state index is 9.59. The van der Waals surface area contributed by atoms with Crippen molar-refractivity contribution < 1.29 is 14.6 Å². The van der Waals surface area contributed by atoms with E-state index in [-0.39, 0.29) is 12.2 Å². The van der Waals surface area contributed by atoms with Crippen molar-refractivity contribution in [3.8, 4) is 0 Å². The van der Waals surface area contributed by atoms with E-state index in [1.807, 2.05) is 6.92 Å². The van der Waals surface area contributed by atoms with Gasteiger partial charge in [0.05, 0.1) is 25.4 Å². The summed E-state index contributed by atoms with van der Waals surface area (Å²) in [6, 6.07) is 0. The normalized spacial score (nSPS) is 15.6. The van der Waals surface area contributed by atoms with Crippen LogP contribution in [0, 0.1) is 5.92 Å². The van der Waals surface area contributed by atoms with Crippen LogP contribution in [0.25, 0.3) is 0 Å². The molecule has 0 saturated heterocycles. The first-order valence-corrected chi connectivity index (χ1v) is 6.58. The molecule has 0 aliphatic rings. The maximum Gasteiger partial charge on any atom is 0.0863 e. The van der Waals surface area contributed by atoms with Gasteiger partial charge in [0.25, 0.3) is 0 Å². The summed E-state index contributed by atoms with van der Waals surface area (Å²) in [6.07, 6.45) is -0.312. The summed E-state index contributed by atoms with van der Waals surface area (Å²) < 4.78 is 10.4. The number of ether oxygens (including phenoxy) is 2. The molecule has 0 aliphatic carbocycles. The fraction of sp³-hybridized carbons (Fsp3) is 1.00. The monoisotopic (exact) mass is 236 g/mol. The topological polar surface area (TPSA) is 38.7 Å². The molecule has 0 aliphatic heterocycles. The van der Waals surface area contributed by atoms with Gasteiger partial charge in [-0.3, -0.25) is 0 Å². The molecule has 4 heteroatoms. The molecular weight excluding hydrogens is 212 g/mol. The molecule has 0 aromatic heterocycles. The van der Waals surface area contributed by atoms with Crippen LogP contribution in [-0.2, 0) is 9.47 Å². The quantitative estimate of drug-likeness (QED) is 0.662. The fourth-order valence-electron chi connectivity index (χ4n) is 1.05. The highest BCUT2D eigenvalue weighted by Gasteiger charge is 2.08. The molecule has 92 valence electrons. The highest BCUT2D eigenvalue weighted by Crippen LogP contribution is 2.09. The van der Waals surface area contributed by atoms with Gasteiger partial charge in [-0.05, 0) is 18.6 Å². The molecule has 0 rings (SSSR count). The summed E-state index contributed by atoms with van der Waals surface area (Å²) in [4.78, 5) is 0. The Morgan fingerprint density at radius 2 is 1.80 bits per heavy atom. The molecule has 0 radical (unpaired) electrons. The molecule has 0 fully saturated rings. The van der Waals surface area contributed by atoms with Crippen LogP contribution in [0.5, 0.6) is 0 Å².